The Morgan fingerprint density at radius 2 is 1.86 bits per heavy atom. The van der Waals surface area contributed by atoms with Crippen LogP contribution in [-0.4, -0.2) is 43.3 Å². The number of carbonyl (C=O) groups excluding carboxylic acids is 1. The molecule has 1 atom stereocenters. The SMILES string of the molecule is Cc1cc(OC[C@@H]2CN(C)c3ccccc3O2)cc(C)c1C(=O)Nc1cc(CC(=O)O)ccc1F. The van der Waals surface area contributed by atoms with Crippen molar-refractivity contribution in [3.63, 3.8) is 0 Å². The van der Waals surface area contributed by atoms with Gasteiger partial charge in [0.05, 0.1) is 24.3 Å². The van der Waals surface area contributed by atoms with Crippen molar-refractivity contribution in [2.24, 2.45) is 0 Å². The normalized spacial score (nSPS) is 14.6. The molecule has 1 amide bonds. The second-order valence-corrected chi connectivity index (χ2v) is 8.67. The molecule has 182 valence electrons. The van der Waals surface area contributed by atoms with Crippen LogP contribution in [0.4, 0.5) is 15.8 Å². The number of nitrogens with zero attached hydrogens (tertiary/aromatic N) is 1. The summed E-state index contributed by atoms with van der Waals surface area (Å²) in [5.74, 6) is -0.732. The molecule has 0 saturated heterocycles. The van der Waals surface area contributed by atoms with Crippen LogP contribution in [0, 0.1) is 19.7 Å². The number of likely N-dealkylation sites (N-methyl/N-ethyl adjacent to an activating group) is 1. The number of ether oxygens (including phenoxy) is 2. The molecular weight excluding hydrogens is 451 g/mol. The largest absolute Gasteiger partial charge is 0.490 e. The van der Waals surface area contributed by atoms with Gasteiger partial charge in [-0.2, -0.15) is 0 Å². The quantitative estimate of drug-likeness (QED) is 0.516. The molecule has 7 nitrogen and oxygen atoms in total. The molecule has 8 heteroatoms. The highest BCUT2D eigenvalue weighted by Crippen LogP contribution is 2.32. The zero-order chi connectivity index (χ0) is 25.1. The van der Waals surface area contributed by atoms with Crippen LogP contribution in [0.3, 0.4) is 0 Å². The first-order chi connectivity index (χ1) is 16.7. The summed E-state index contributed by atoms with van der Waals surface area (Å²) >= 11 is 0. The fourth-order valence-corrected chi connectivity index (χ4v) is 4.27. The molecule has 1 aliphatic rings. The lowest BCUT2D eigenvalue weighted by Gasteiger charge is -2.33. The van der Waals surface area contributed by atoms with Gasteiger partial charge in [0, 0.05) is 12.6 Å². The van der Waals surface area contributed by atoms with E-state index >= 15 is 0 Å². The van der Waals surface area contributed by atoms with Gasteiger partial charge in [-0.15, -0.1) is 0 Å². The first kappa shape index (κ1) is 24.1. The van der Waals surface area contributed by atoms with Crippen molar-refractivity contribution in [1.29, 1.82) is 0 Å². The standard InChI is InChI=1S/C27H27FN2O5/c1-16-10-19(34-15-20-14-30(3)23-6-4-5-7-24(23)35-20)11-17(2)26(16)27(33)29-22-12-18(13-25(31)32)8-9-21(22)28/h4-12,20H,13-15H2,1-3H3,(H,29,33)(H,31,32)/t20-/m0/s1. The third-order valence-electron chi connectivity index (χ3n) is 5.85. The summed E-state index contributed by atoms with van der Waals surface area (Å²) in [5, 5.41) is 11.5. The van der Waals surface area contributed by atoms with E-state index in [1.54, 1.807) is 26.0 Å². The summed E-state index contributed by atoms with van der Waals surface area (Å²) in [7, 11) is 2.01. The van der Waals surface area contributed by atoms with Crippen LogP contribution in [-0.2, 0) is 11.2 Å². The van der Waals surface area contributed by atoms with Gasteiger partial charge in [-0.05, 0) is 66.9 Å². The topological polar surface area (TPSA) is 88.1 Å². The van der Waals surface area contributed by atoms with Gasteiger partial charge >= 0.3 is 5.97 Å². The molecule has 0 bridgehead atoms. The molecule has 1 heterocycles. The number of para-hydroxylation sites is 2. The number of aryl methyl sites for hydroxylation is 2. The van der Waals surface area contributed by atoms with E-state index in [4.69, 9.17) is 14.6 Å². The lowest BCUT2D eigenvalue weighted by Crippen LogP contribution is -2.41. The lowest BCUT2D eigenvalue weighted by molar-refractivity contribution is -0.136. The molecule has 0 saturated carbocycles. The number of amides is 1. The van der Waals surface area contributed by atoms with E-state index in [0.717, 1.165) is 17.5 Å². The van der Waals surface area contributed by atoms with Gasteiger partial charge in [-0.3, -0.25) is 9.59 Å². The Kier molecular flexibility index (Phi) is 6.91. The van der Waals surface area contributed by atoms with E-state index < -0.39 is 17.7 Å². The molecule has 3 aromatic carbocycles. The van der Waals surface area contributed by atoms with Crippen LogP contribution in [0.25, 0.3) is 0 Å². The molecule has 3 aromatic rings. The van der Waals surface area contributed by atoms with Crippen molar-refractivity contribution in [3.8, 4) is 11.5 Å². The fraction of sp³-hybridized carbons (Fsp3) is 0.259. The van der Waals surface area contributed by atoms with E-state index in [1.165, 1.54) is 12.1 Å². The van der Waals surface area contributed by atoms with Gasteiger partial charge in [-0.1, -0.05) is 18.2 Å². The highest BCUT2D eigenvalue weighted by Gasteiger charge is 2.24. The van der Waals surface area contributed by atoms with E-state index in [0.29, 0.717) is 41.2 Å². The van der Waals surface area contributed by atoms with Gasteiger partial charge in [-0.25, -0.2) is 4.39 Å². The number of anilines is 2. The Morgan fingerprint density at radius 3 is 2.57 bits per heavy atom. The van der Waals surface area contributed by atoms with E-state index in [1.807, 2.05) is 31.3 Å². The summed E-state index contributed by atoms with van der Waals surface area (Å²) in [6.07, 6.45) is -0.418. The fourth-order valence-electron chi connectivity index (χ4n) is 4.27. The smallest absolute Gasteiger partial charge is 0.307 e. The molecule has 4 rings (SSSR count). The van der Waals surface area contributed by atoms with Crippen LogP contribution in [0.1, 0.15) is 27.0 Å². The van der Waals surface area contributed by atoms with E-state index in [-0.39, 0.29) is 18.2 Å². The lowest BCUT2D eigenvalue weighted by atomic mass is 10.0. The third-order valence-corrected chi connectivity index (χ3v) is 5.85. The summed E-state index contributed by atoms with van der Waals surface area (Å²) in [6, 6.07) is 15.2. The number of hydrogen-bond acceptors (Lipinski definition) is 5. The van der Waals surface area contributed by atoms with Crippen molar-refractivity contribution >= 4 is 23.3 Å². The number of halogens is 1. The summed E-state index contributed by atoms with van der Waals surface area (Å²) < 4.78 is 26.3. The maximum absolute atomic E-state index is 14.2. The van der Waals surface area contributed by atoms with Gasteiger partial charge < -0.3 is 24.8 Å². The summed E-state index contributed by atoms with van der Waals surface area (Å²) in [5.41, 5.74) is 3.12. The highest BCUT2D eigenvalue weighted by atomic mass is 19.1. The number of carboxylic acid groups (broad SMARTS) is 1. The maximum Gasteiger partial charge on any atom is 0.307 e. The van der Waals surface area contributed by atoms with Crippen molar-refractivity contribution in [3.05, 3.63) is 82.7 Å². The Bertz CT molecular complexity index is 1250. The second-order valence-electron chi connectivity index (χ2n) is 8.67. The minimum atomic E-state index is -1.04. The van der Waals surface area contributed by atoms with Crippen LogP contribution >= 0.6 is 0 Å². The van der Waals surface area contributed by atoms with Crippen molar-refractivity contribution < 1.29 is 28.6 Å². The minimum Gasteiger partial charge on any atom is -0.490 e. The Labute approximate surface area is 203 Å². The second kappa shape index (κ2) is 10.0. The Hall–Kier alpha value is -4.07. The van der Waals surface area contributed by atoms with Gasteiger partial charge in [0.15, 0.2) is 0 Å². The van der Waals surface area contributed by atoms with E-state index in [9.17, 15) is 14.0 Å². The van der Waals surface area contributed by atoms with Crippen molar-refractivity contribution in [2.75, 3.05) is 30.4 Å². The number of benzene rings is 3. The first-order valence-electron chi connectivity index (χ1n) is 11.2. The average molecular weight is 479 g/mol. The highest BCUT2D eigenvalue weighted by molar-refractivity contribution is 6.06. The molecule has 2 N–H and O–H groups in total. The molecule has 0 aromatic heterocycles. The van der Waals surface area contributed by atoms with Crippen LogP contribution < -0.4 is 19.7 Å². The number of aliphatic carboxylic acids is 1. The van der Waals surface area contributed by atoms with Crippen LogP contribution in [0.5, 0.6) is 11.5 Å². The number of rotatable bonds is 7. The molecule has 0 radical (unpaired) electrons. The van der Waals surface area contributed by atoms with Crippen LogP contribution in [0.15, 0.2) is 54.6 Å². The molecule has 0 unspecified atom stereocenters. The van der Waals surface area contributed by atoms with Crippen molar-refractivity contribution in [2.45, 2.75) is 26.4 Å². The minimum absolute atomic E-state index is 0.0632. The maximum atomic E-state index is 14.2. The zero-order valence-electron chi connectivity index (χ0n) is 19.8. The molecule has 0 aliphatic carbocycles. The monoisotopic (exact) mass is 478 g/mol. The number of carboxylic acids is 1. The number of nitrogens with one attached hydrogen (secondary N) is 1. The van der Waals surface area contributed by atoms with Gasteiger partial charge in [0.1, 0.15) is 30.0 Å². The summed E-state index contributed by atoms with van der Waals surface area (Å²) in [6.45, 7) is 4.59. The number of carbonyl (C=O) groups is 2. The van der Waals surface area contributed by atoms with Crippen LogP contribution in [0.2, 0.25) is 0 Å². The molecule has 0 fully saturated rings. The molecule has 35 heavy (non-hydrogen) atoms. The molecular formula is C27H27FN2O5. The summed E-state index contributed by atoms with van der Waals surface area (Å²) in [4.78, 5) is 26.0. The van der Waals surface area contributed by atoms with E-state index in [2.05, 4.69) is 10.2 Å². The number of fused-ring (bicyclic) bond motifs is 1. The van der Waals surface area contributed by atoms with Crippen molar-refractivity contribution in [1.82, 2.24) is 0 Å². The van der Waals surface area contributed by atoms with Gasteiger partial charge in [0.25, 0.3) is 5.91 Å². The zero-order valence-corrected chi connectivity index (χ0v) is 19.8. The molecule has 0 spiro atoms. The van der Waals surface area contributed by atoms with Gasteiger partial charge in [0.2, 0.25) is 0 Å². The Balaban J connectivity index is 1.44. The first-order valence-corrected chi connectivity index (χ1v) is 11.2. The predicted octanol–water partition coefficient (Wildman–Crippen LogP) is 4.60. The number of hydrogen-bond donors (Lipinski definition) is 2. The average Bonchev–Trinajstić information content (AvgIpc) is 2.79. The predicted molar refractivity (Wildman–Crippen MR) is 131 cm³/mol. The third kappa shape index (κ3) is 5.54. The molecule has 1 aliphatic heterocycles. The Morgan fingerprint density at radius 1 is 1.14 bits per heavy atom.